The van der Waals surface area contributed by atoms with Crippen molar-refractivity contribution in [2.45, 2.75) is 69.1 Å². The van der Waals surface area contributed by atoms with E-state index in [-0.39, 0.29) is 23.4 Å². The van der Waals surface area contributed by atoms with Crippen molar-refractivity contribution in [3.63, 3.8) is 0 Å². The summed E-state index contributed by atoms with van der Waals surface area (Å²) in [6.07, 6.45) is 6.69. The van der Waals surface area contributed by atoms with E-state index in [1.807, 2.05) is 24.3 Å². The smallest absolute Gasteiger partial charge is 0.251 e. The molecule has 0 radical (unpaired) electrons. The Hall–Kier alpha value is -2.08. The van der Waals surface area contributed by atoms with Crippen LogP contribution in [0, 0.1) is 11.8 Å². The number of aliphatic hydroxyl groups is 1. The molecule has 6 heteroatoms. The van der Waals surface area contributed by atoms with Crippen molar-refractivity contribution in [1.82, 2.24) is 10.6 Å². The zero-order valence-corrected chi connectivity index (χ0v) is 17.1. The standard InChI is InChI=1S/C23H31N3O3/c1-15(27)24-19-6-7-26(13-19)20-4-2-18(3-5-20)21(28)25-22-9-16-8-17(10-22)12-23(29,11-16)14-22/h2-5,16-17,19,29H,6-14H2,1H3,(H,24,27)(H,25,28). The SMILES string of the molecule is CC(=O)NC1CCN(c2ccc(C(=O)NC34CC5CC(CC(O)(C5)C3)C4)cc2)C1. The maximum absolute atomic E-state index is 13.0. The third-order valence-electron chi connectivity index (χ3n) is 7.50. The van der Waals surface area contributed by atoms with Gasteiger partial charge in [-0.05, 0) is 81.0 Å². The van der Waals surface area contributed by atoms with Gasteiger partial charge >= 0.3 is 0 Å². The molecule has 1 aliphatic heterocycles. The summed E-state index contributed by atoms with van der Waals surface area (Å²) in [6, 6.07) is 7.98. The average molecular weight is 398 g/mol. The molecule has 1 heterocycles. The van der Waals surface area contributed by atoms with Crippen LogP contribution in [-0.2, 0) is 4.79 Å². The maximum Gasteiger partial charge on any atom is 0.251 e. The molecular weight excluding hydrogens is 366 g/mol. The highest BCUT2D eigenvalue weighted by atomic mass is 16.3. The molecule has 3 N–H and O–H groups in total. The lowest BCUT2D eigenvalue weighted by molar-refractivity contribution is -0.139. The van der Waals surface area contributed by atoms with Crippen LogP contribution in [-0.4, -0.2) is 47.2 Å². The zero-order chi connectivity index (χ0) is 20.2. The van der Waals surface area contributed by atoms with Crippen LogP contribution in [0.4, 0.5) is 5.69 Å². The number of carbonyl (C=O) groups is 2. The molecule has 4 saturated carbocycles. The Bertz CT molecular complexity index is 807. The summed E-state index contributed by atoms with van der Waals surface area (Å²) in [4.78, 5) is 26.5. The van der Waals surface area contributed by atoms with Crippen molar-refractivity contribution in [3.8, 4) is 0 Å². The van der Waals surface area contributed by atoms with Crippen LogP contribution in [0.25, 0.3) is 0 Å². The summed E-state index contributed by atoms with van der Waals surface area (Å²) in [5, 5.41) is 17.2. The van der Waals surface area contributed by atoms with Gasteiger partial charge < -0.3 is 20.6 Å². The quantitative estimate of drug-likeness (QED) is 0.728. The molecule has 4 aliphatic carbocycles. The molecule has 5 fully saturated rings. The van der Waals surface area contributed by atoms with E-state index in [1.54, 1.807) is 6.92 Å². The van der Waals surface area contributed by atoms with Gasteiger partial charge in [0.25, 0.3) is 5.91 Å². The lowest BCUT2D eigenvalue weighted by atomic mass is 9.51. The molecule has 4 bridgehead atoms. The van der Waals surface area contributed by atoms with E-state index in [4.69, 9.17) is 0 Å². The summed E-state index contributed by atoms with van der Waals surface area (Å²) in [5.41, 5.74) is 0.962. The van der Waals surface area contributed by atoms with Gasteiger partial charge in [-0.2, -0.15) is 0 Å². The second kappa shape index (κ2) is 6.73. The summed E-state index contributed by atoms with van der Waals surface area (Å²) >= 11 is 0. The van der Waals surface area contributed by atoms with Crippen molar-refractivity contribution in [2.24, 2.45) is 11.8 Å². The molecule has 1 aromatic rings. The van der Waals surface area contributed by atoms with Gasteiger partial charge in [-0.1, -0.05) is 0 Å². The van der Waals surface area contributed by atoms with Crippen molar-refractivity contribution >= 4 is 17.5 Å². The van der Waals surface area contributed by atoms with Crippen LogP contribution in [0.5, 0.6) is 0 Å². The molecule has 1 aromatic carbocycles. The average Bonchev–Trinajstić information content (AvgIpc) is 3.07. The first-order valence-electron chi connectivity index (χ1n) is 11.0. The molecule has 2 amide bonds. The molecule has 5 aliphatic rings. The maximum atomic E-state index is 13.0. The first-order valence-corrected chi connectivity index (χ1v) is 11.0. The van der Waals surface area contributed by atoms with E-state index in [2.05, 4.69) is 15.5 Å². The number of amides is 2. The summed E-state index contributed by atoms with van der Waals surface area (Å²) in [7, 11) is 0. The Balaban J connectivity index is 1.24. The molecule has 6 nitrogen and oxygen atoms in total. The van der Waals surface area contributed by atoms with Crippen LogP contribution >= 0.6 is 0 Å². The van der Waals surface area contributed by atoms with Crippen LogP contribution in [0.2, 0.25) is 0 Å². The second-order valence-corrected chi connectivity index (χ2v) is 10.1. The van der Waals surface area contributed by atoms with Crippen LogP contribution in [0.15, 0.2) is 24.3 Å². The lowest BCUT2D eigenvalue weighted by Crippen LogP contribution is -2.65. The fourth-order valence-corrected chi connectivity index (χ4v) is 6.90. The van der Waals surface area contributed by atoms with Crippen LogP contribution in [0.1, 0.15) is 62.2 Å². The highest BCUT2D eigenvalue weighted by Crippen LogP contribution is 2.57. The Labute approximate surface area is 172 Å². The van der Waals surface area contributed by atoms with E-state index in [0.717, 1.165) is 50.9 Å². The Morgan fingerprint density at radius 3 is 2.41 bits per heavy atom. The minimum Gasteiger partial charge on any atom is -0.390 e. The minimum atomic E-state index is -0.568. The molecule has 29 heavy (non-hydrogen) atoms. The predicted molar refractivity (Wildman–Crippen MR) is 111 cm³/mol. The number of hydrogen-bond acceptors (Lipinski definition) is 4. The fourth-order valence-electron chi connectivity index (χ4n) is 6.90. The van der Waals surface area contributed by atoms with Crippen molar-refractivity contribution in [1.29, 1.82) is 0 Å². The van der Waals surface area contributed by atoms with Gasteiger partial charge in [-0.25, -0.2) is 0 Å². The first kappa shape index (κ1) is 18.9. The van der Waals surface area contributed by atoms with E-state index >= 15 is 0 Å². The number of nitrogens with one attached hydrogen (secondary N) is 2. The molecule has 0 spiro atoms. The fraction of sp³-hybridized carbons (Fsp3) is 0.652. The second-order valence-electron chi connectivity index (χ2n) is 10.1. The zero-order valence-electron chi connectivity index (χ0n) is 17.1. The van der Waals surface area contributed by atoms with Crippen molar-refractivity contribution in [3.05, 3.63) is 29.8 Å². The summed E-state index contributed by atoms with van der Waals surface area (Å²) < 4.78 is 0. The highest BCUT2D eigenvalue weighted by Gasteiger charge is 2.57. The Kier molecular flexibility index (Phi) is 4.39. The van der Waals surface area contributed by atoms with Crippen LogP contribution in [0.3, 0.4) is 0 Å². The van der Waals surface area contributed by atoms with Gasteiger partial charge in [0.2, 0.25) is 5.91 Å². The van der Waals surface area contributed by atoms with Crippen molar-refractivity contribution in [2.75, 3.05) is 18.0 Å². The number of rotatable bonds is 4. The number of anilines is 1. The van der Waals surface area contributed by atoms with E-state index in [0.29, 0.717) is 23.8 Å². The molecule has 3 unspecified atom stereocenters. The number of hydrogen-bond donors (Lipinski definition) is 3. The predicted octanol–water partition coefficient (Wildman–Crippen LogP) is 2.21. The van der Waals surface area contributed by atoms with E-state index in [1.165, 1.54) is 6.42 Å². The third-order valence-corrected chi connectivity index (χ3v) is 7.50. The monoisotopic (exact) mass is 397 g/mol. The summed E-state index contributed by atoms with van der Waals surface area (Å²) in [6.45, 7) is 3.26. The molecule has 3 atom stereocenters. The number of nitrogens with zero attached hydrogens (tertiary/aromatic N) is 1. The van der Waals surface area contributed by atoms with Gasteiger partial charge in [-0.15, -0.1) is 0 Å². The van der Waals surface area contributed by atoms with Gasteiger partial charge in [0.1, 0.15) is 0 Å². The first-order chi connectivity index (χ1) is 13.8. The number of carbonyl (C=O) groups excluding carboxylic acids is 2. The highest BCUT2D eigenvalue weighted by molar-refractivity contribution is 5.95. The van der Waals surface area contributed by atoms with Crippen molar-refractivity contribution < 1.29 is 14.7 Å². The largest absolute Gasteiger partial charge is 0.390 e. The van der Waals surface area contributed by atoms with Gasteiger partial charge in [0.05, 0.1) is 5.60 Å². The topological polar surface area (TPSA) is 81.7 Å². The summed E-state index contributed by atoms with van der Waals surface area (Å²) in [5.74, 6) is 1.09. The third kappa shape index (κ3) is 3.63. The lowest BCUT2D eigenvalue weighted by Gasteiger charge is -2.60. The van der Waals surface area contributed by atoms with Crippen LogP contribution < -0.4 is 15.5 Å². The molecule has 156 valence electrons. The molecule has 1 saturated heterocycles. The Morgan fingerprint density at radius 2 is 1.79 bits per heavy atom. The molecule has 6 rings (SSSR count). The molecular formula is C23H31N3O3. The van der Waals surface area contributed by atoms with E-state index in [9.17, 15) is 14.7 Å². The van der Waals surface area contributed by atoms with E-state index < -0.39 is 5.60 Å². The Morgan fingerprint density at radius 1 is 1.10 bits per heavy atom. The van der Waals surface area contributed by atoms with Gasteiger partial charge in [0, 0.05) is 42.8 Å². The molecule has 0 aromatic heterocycles. The minimum absolute atomic E-state index is 0.0122. The van der Waals surface area contributed by atoms with Gasteiger partial charge in [0.15, 0.2) is 0 Å². The van der Waals surface area contributed by atoms with Gasteiger partial charge in [-0.3, -0.25) is 9.59 Å². The normalized spacial score (nSPS) is 37.6. The number of benzene rings is 1.